The molecule has 7 heteroatoms. The van der Waals surface area contributed by atoms with Crippen molar-refractivity contribution in [1.82, 2.24) is 10.3 Å². The summed E-state index contributed by atoms with van der Waals surface area (Å²) in [5.41, 5.74) is 7.74. The number of hydrogen-bond acceptors (Lipinski definition) is 5. The number of aliphatic carboxylic acids is 1. The first-order valence-corrected chi connectivity index (χ1v) is 10.4. The fourth-order valence-electron chi connectivity index (χ4n) is 3.20. The van der Waals surface area contributed by atoms with Crippen LogP contribution in [0.5, 0.6) is 0 Å². The van der Waals surface area contributed by atoms with Crippen LogP contribution in [-0.2, 0) is 17.6 Å². The number of carbonyl (C=O) groups excluding carboxylic acids is 1. The molecule has 6 nitrogen and oxygen atoms in total. The summed E-state index contributed by atoms with van der Waals surface area (Å²) in [5.74, 6) is -0.759. The van der Waals surface area contributed by atoms with E-state index < -0.39 is 17.9 Å². The Kier molecular flexibility index (Phi) is 8.14. The molecule has 2 aromatic rings. The van der Waals surface area contributed by atoms with Crippen LogP contribution in [0.2, 0.25) is 0 Å². The maximum absolute atomic E-state index is 11.1. The van der Waals surface area contributed by atoms with E-state index in [2.05, 4.69) is 36.3 Å². The van der Waals surface area contributed by atoms with Gasteiger partial charge in [-0.2, -0.15) is 0 Å². The second-order valence-corrected chi connectivity index (χ2v) is 8.37. The Labute approximate surface area is 170 Å². The van der Waals surface area contributed by atoms with Crippen LogP contribution in [0.1, 0.15) is 65.3 Å². The summed E-state index contributed by atoms with van der Waals surface area (Å²) >= 11 is 1.36. The zero-order chi connectivity index (χ0) is 20.7. The molecular weight excluding hydrogens is 374 g/mol. The maximum Gasteiger partial charge on any atom is 0.320 e. The lowest BCUT2D eigenvalue weighted by molar-refractivity contribution is -0.139. The van der Waals surface area contributed by atoms with E-state index in [1.165, 1.54) is 22.5 Å². The quantitative estimate of drug-likeness (QED) is 0.657. The molecule has 0 saturated carbocycles. The van der Waals surface area contributed by atoms with Crippen molar-refractivity contribution in [3.63, 3.8) is 0 Å². The third-order valence-corrected chi connectivity index (χ3v) is 5.98. The third kappa shape index (κ3) is 6.14. The standard InChI is InChI=1S/C14H19NO2.C7H10N2OS/c1-2-5-13(14(16)17)15-12-8-10-6-3-4-7-11(10)9-12;1-4(2)5-3-9-7(11-5)6(8)10/h3-4,6-7,12-13,15H,2,5,8-9H2,1H3,(H,16,17);3-4H,1-2H3,(H2,8,10)/t13-;/m0./s1. The fourth-order valence-corrected chi connectivity index (χ4v) is 3.97. The van der Waals surface area contributed by atoms with Gasteiger partial charge in [-0.1, -0.05) is 51.5 Å². The van der Waals surface area contributed by atoms with E-state index in [9.17, 15) is 9.59 Å². The number of aromatic nitrogens is 1. The molecule has 1 aliphatic rings. The number of primary amides is 1. The molecule has 0 radical (unpaired) electrons. The number of hydrogen-bond donors (Lipinski definition) is 3. The molecule has 152 valence electrons. The van der Waals surface area contributed by atoms with Gasteiger partial charge in [0, 0.05) is 17.1 Å². The van der Waals surface area contributed by atoms with Crippen molar-refractivity contribution in [2.75, 3.05) is 0 Å². The fraction of sp³-hybridized carbons (Fsp3) is 0.476. The van der Waals surface area contributed by atoms with E-state index in [4.69, 9.17) is 10.8 Å². The number of fused-ring (bicyclic) bond motifs is 1. The van der Waals surface area contributed by atoms with Crippen LogP contribution in [0.3, 0.4) is 0 Å². The van der Waals surface area contributed by atoms with Gasteiger partial charge in [-0.15, -0.1) is 11.3 Å². The number of carbonyl (C=O) groups is 2. The lowest BCUT2D eigenvalue weighted by Gasteiger charge is -2.18. The van der Waals surface area contributed by atoms with Crippen molar-refractivity contribution in [3.05, 3.63) is 51.5 Å². The van der Waals surface area contributed by atoms with Gasteiger partial charge in [0.05, 0.1) is 0 Å². The first-order valence-electron chi connectivity index (χ1n) is 9.62. The minimum Gasteiger partial charge on any atom is -0.480 e. The highest BCUT2D eigenvalue weighted by atomic mass is 32.1. The van der Waals surface area contributed by atoms with E-state index in [0.29, 0.717) is 17.3 Å². The summed E-state index contributed by atoms with van der Waals surface area (Å²) in [4.78, 5) is 26.7. The monoisotopic (exact) mass is 403 g/mol. The number of nitrogens with two attached hydrogens (primary N) is 1. The second kappa shape index (κ2) is 10.3. The van der Waals surface area contributed by atoms with Gasteiger partial charge in [-0.25, -0.2) is 4.98 Å². The molecule has 0 bridgehead atoms. The van der Waals surface area contributed by atoms with Gasteiger partial charge in [0.1, 0.15) is 6.04 Å². The average Bonchev–Trinajstić information content (AvgIpc) is 3.28. The summed E-state index contributed by atoms with van der Waals surface area (Å²) in [5, 5.41) is 12.8. The Hall–Kier alpha value is -2.25. The van der Waals surface area contributed by atoms with E-state index in [1.807, 2.05) is 19.1 Å². The van der Waals surface area contributed by atoms with E-state index in [-0.39, 0.29) is 6.04 Å². The summed E-state index contributed by atoms with van der Waals surface area (Å²) in [7, 11) is 0. The summed E-state index contributed by atoms with van der Waals surface area (Å²) in [6, 6.07) is 8.22. The van der Waals surface area contributed by atoms with Gasteiger partial charge < -0.3 is 16.2 Å². The van der Waals surface area contributed by atoms with Crippen molar-refractivity contribution in [2.24, 2.45) is 5.73 Å². The van der Waals surface area contributed by atoms with Crippen molar-refractivity contribution in [2.45, 2.75) is 64.5 Å². The van der Waals surface area contributed by atoms with Crippen LogP contribution in [0, 0.1) is 0 Å². The number of benzene rings is 1. The molecule has 1 aliphatic carbocycles. The van der Waals surface area contributed by atoms with Crippen molar-refractivity contribution < 1.29 is 14.7 Å². The molecule has 4 N–H and O–H groups in total. The zero-order valence-electron chi connectivity index (χ0n) is 16.6. The molecule has 1 heterocycles. The minimum absolute atomic E-state index is 0.278. The molecule has 0 spiro atoms. The van der Waals surface area contributed by atoms with Gasteiger partial charge in [0.15, 0.2) is 5.01 Å². The molecule has 1 atom stereocenters. The Balaban J connectivity index is 0.000000221. The SMILES string of the molecule is CC(C)c1cnc(C(N)=O)s1.CCC[C@H](NC1Cc2ccccc2C1)C(=O)O. The van der Waals surface area contributed by atoms with Crippen LogP contribution in [0.4, 0.5) is 0 Å². The highest BCUT2D eigenvalue weighted by Gasteiger charge is 2.25. The Morgan fingerprint density at radius 1 is 1.29 bits per heavy atom. The van der Waals surface area contributed by atoms with Gasteiger partial charge in [0.25, 0.3) is 5.91 Å². The third-order valence-electron chi connectivity index (χ3n) is 4.67. The van der Waals surface area contributed by atoms with Crippen LogP contribution in [0.25, 0.3) is 0 Å². The highest BCUT2D eigenvalue weighted by Crippen LogP contribution is 2.22. The first-order chi connectivity index (χ1) is 13.3. The zero-order valence-corrected chi connectivity index (χ0v) is 17.5. The molecule has 3 rings (SSSR count). The Bertz CT molecular complexity index is 779. The van der Waals surface area contributed by atoms with Crippen LogP contribution < -0.4 is 11.1 Å². The molecule has 1 aromatic heterocycles. The number of thiazole rings is 1. The molecule has 28 heavy (non-hydrogen) atoms. The summed E-state index contributed by atoms with van der Waals surface area (Å²) in [6.07, 6.45) is 5.19. The largest absolute Gasteiger partial charge is 0.480 e. The molecule has 1 amide bonds. The minimum atomic E-state index is -0.734. The molecular formula is C21H29N3O3S. The number of carboxylic acid groups (broad SMARTS) is 1. The predicted molar refractivity (Wildman–Crippen MR) is 112 cm³/mol. The molecule has 0 aliphatic heterocycles. The Morgan fingerprint density at radius 3 is 2.29 bits per heavy atom. The first kappa shape index (κ1) is 22.0. The normalized spacial score (nSPS) is 14.3. The Morgan fingerprint density at radius 2 is 1.89 bits per heavy atom. The summed E-state index contributed by atoms with van der Waals surface area (Å²) in [6.45, 7) is 6.12. The molecule has 0 unspecified atom stereocenters. The number of nitrogens with one attached hydrogen (secondary N) is 1. The van der Waals surface area contributed by atoms with Crippen LogP contribution >= 0.6 is 11.3 Å². The number of nitrogens with zero attached hydrogens (tertiary/aromatic N) is 1. The summed E-state index contributed by atoms with van der Waals surface area (Å²) < 4.78 is 0. The molecule has 1 aromatic carbocycles. The highest BCUT2D eigenvalue weighted by molar-refractivity contribution is 7.13. The van der Waals surface area contributed by atoms with E-state index >= 15 is 0 Å². The lowest BCUT2D eigenvalue weighted by atomic mass is 10.1. The number of amides is 1. The average molecular weight is 404 g/mol. The van der Waals surface area contributed by atoms with E-state index in [1.54, 1.807) is 6.20 Å². The number of rotatable bonds is 7. The second-order valence-electron chi connectivity index (χ2n) is 7.31. The van der Waals surface area contributed by atoms with E-state index in [0.717, 1.165) is 24.1 Å². The van der Waals surface area contributed by atoms with Crippen LogP contribution in [-0.4, -0.2) is 34.1 Å². The maximum atomic E-state index is 11.1. The van der Waals surface area contributed by atoms with Gasteiger partial charge in [-0.05, 0) is 36.3 Å². The van der Waals surface area contributed by atoms with Crippen molar-refractivity contribution in [3.8, 4) is 0 Å². The predicted octanol–water partition coefficient (Wildman–Crippen LogP) is 3.36. The van der Waals surface area contributed by atoms with Gasteiger partial charge in [-0.3, -0.25) is 9.59 Å². The molecule has 0 fully saturated rings. The van der Waals surface area contributed by atoms with Crippen LogP contribution in [0.15, 0.2) is 30.5 Å². The smallest absolute Gasteiger partial charge is 0.320 e. The van der Waals surface area contributed by atoms with Gasteiger partial charge >= 0.3 is 5.97 Å². The molecule has 0 saturated heterocycles. The lowest BCUT2D eigenvalue weighted by Crippen LogP contribution is -2.43. The van der Waals surface area contributed by atoms with Crippen molar-refractivity contribution in [1.29, 1.82) is 0 Å². The van der Waals surface area contributed by atoms with Gasteiger partial charge in [0.2, 0.25) is 0 Å². The number of carboxylic acids is 1. The van der Waals surface area contributed by atoms with Crippen molar-refractivity contribution >= 4 is 23.2 Å². The topological polar surface area (TPSA) is 105 Å².